The number of aryl methyl sites for hydroxylation is 2. The number of thiazole rings is 1. The van der Waals surface area contributed by atoms with Gasteiger partial charge in [0.05, 0.1) is 11.8 Å². The lowest BCUT2D eigenvalue weighted by Crippen LogP contribution is -2.54. The number of rotatable bonds is 2. The molecule has 2 heterocycles. The fraction of sp³-hybridized carbons (Fsp3) is 0.750. The van der Waals surface area contributed by atoms with Crippen molar-refractivity contribution >= 4 is 22.5 Å². The monoisotopic (exact) mass is 338 g/mol. The SMILES string of the molecule is Cc1nc(N2CCN(C(=O)NC3CCC(O)CC3)CC2)sc1C. The number of hydrogen-bond donors (Lipinski definition) is 2. The molecule has 3 rings (SSSR count). The van der Waals surface area contributed by atoms with Gasteiger partial charge >= 0.3 is 6.03 Å². The number of aromatic nitrogens is 1. The number of nitrogens with zero attached hydrogens (tertiary/aromatic N) is 3. The highest BCUT2D eigenvalue weighted by Crippen LogP contribution is 2.26. The number of urea groups is 1. The van der Waals surface area contributed by atoms with Crippen LogP contribution in [0.4, 0.5) is 9.93 Å². The van der Waals surface area contributed by atoms with Gasteiger partial charge in [-0.15, -0.1) is 11.3 Å². The third kappa shape index (κ3) is 3.95. The number of amides is 2. The minimum Gasteiger partial charge on any atom is -0.393 e. The van der Waals surface area contributed by atoms with Crippen LogP contribution in [0.5, 0.6) is 0 Å². The molecule has 2 aliphatic rings. The summed E-state index contributed by atoms with van der Waals surface area (Å²) in [6.07, 6.45) is 3.16. The third-order valence-corrected chi connectivity index (χ3v) is 6.01. The second kappa shape index (κ2) is 7.05. The predicted molar refractivity (Wildman–Crippen MR) is 92.2 cm³/mol. The Balaban J connectivity index is 1.47. The van der Waals surface area contributed by atoms with Gasteiger partial charge in [-0.1, -0.05) is 0 Å². The van der Waals surface area contributed by atoms with E-state index < -0.39 is 0 Å². The Morgan fingerprint density at radius 3 is 2.39 bits per heavy atom. The minimum absolute atomic E-state index is 0.0394. The molecule has 23 heavy (non-hydrogen) atoms. The van der Waals surface area contributed by atoms with Crippen molar-refractivity contribution < 1.29 is 9.90 Å². The average molecular weight is 338 g/mol. The molecule has 1 aromatic heterocycles. The fourth-order valence-electron chi connectivity index (χ4n) is 3.18. The summed E-state index contributed by atoms with van der Waals surface area (Å²) in [7, 11) is 0. The van der Waals surface area contributed by atoms with Gasteiger partial charge in [0.2, 0.25) is 0 Å². The molecule has 7 heteroatoms. The molecule has 0 bridgehead atoms. The zero-order chi connectivity index (χ0) is 16.4. The van der Waals surface area contributed by atoms with E-state index in [2.05, 4.69) is 22.1 Å². The number of carbonyl (C=O) groups excluding carboxylic acids is 1. The Kier molecular flexibility index (Phi) is 5.06. The first-order valence-corrected chi connectivity index (χ1v) is 9.27. The molecule has 2 fully saturated rings. The lowest BCUT2D eigenvalue weighted by atomic mass is 9.93. The van der Waals surface area contributed by atoms with Crippen LogP contribution in [-0.4, -0.2) is 59.3 Å². The number of nitrogens with one attached hydrogen (secondary N) is 1. The van der Waals surface area contributed by atoms with E-state index in [1.54, 1.807) is 11.3 Å². The van der Waals surface area contributed by atoms with Gasteiger partial charge in [0, 0.05) is 37.1 Å². The normalized spacial score (nSPS) is 25.5. The number of hydrogen-bond acceptors (Lipinski definition) is 5. The summed E-state index contributed by atoms with van der Waals surface area (Å²) in [5.74, 6) is 0. The summed E-state index contributed by atoms with van der Waals surface area (Å²) in [4.78, 5) is 22.4. The van der Waals surface area contributed by atoms with Crippen LogP contribution in [0, 0.1) is 13.8 Å². The fourth-order valence-corrected chi connectivity index (χ4v) is 4.14. The smallest absolute Gasteiger partial charge is 0.317 e. The molecule has 1 saturated carbocycles. The number of carbonyl (C=O) groups is 1. The van der Waals surface area contributed by atoms with E-state index in [0.29, 0.717) is 0 Å². The van der Waals surface area contributed by atoms with Gasteiger partial charge in [0.25, 0.3) is 0 Å². The Labute approximate surface area is 141 Å². The van der Waals surface area contributed by atoms with Crippen LogP contribution in [0.3, 0.4) is 0 Å². The molecule has 128 valence electrons. The van der Waals surface area contributed by atoms with Crippen LogP contribution in [0.1, 0.15) is 36.3 Å². The highest BCUT2D eigenvalue weighted by atomic mass is 32.1. The number of piperazine rings is 1. The zero-order valence-corrected chi connectivity index (χ0v) is 14.7. The highest BCUT2D eigenvalue weighted by Gasteiger charge is 2.26. The molecule has 0 atom stereocenters. The zero-order valence-electron chi connectivity index (χ0n) is 13.9. The largest absolute Gasteiger partial charge is 0.393 e. The van der Waals surface area contributed by atoms with Crippen molar-refractivity contribution in [2.75, 3.05) is 31.1 Å². The molecular formula is C16H26N4O2S. The van der Waals surface area contributed by atoms with Crippen molar-refractivity contribution in [1.29, 1.82) is 0 Å². The van der Waals surface area contributed by atoms with Gasteiger partial charge in [0.1, 0.15) is 0 Å². The van der Waals surface area contributed by atoms with Gasteiger partial charge in [0.15, 0.2) is 5.13 Å². The maximum atomic E-state index is 12.4. The summed E-state index contributed by atoms with van der Waals surface area (Å²) < 4.78 is 0. The van der Waals surface area contributed by atoms with Crippen molar-refractivity contribution in [3.63, 3.8) is 0 Å². The minimum atomic E-state index is -0.183. The summed E-state index contributed by atoms with van der Waals surface area (Å²) in [6.45, 7) is 7.28. The highest BCUT2D eigenvalue weighted by molar-refractivity contribution is 7.15. The average Bonchev–Trinajstić information content (AvgIpc) is 2.89. The summed E-state index contributed by atoms with van der Waals surface area (Å²) in [6, 6.07) is 0.255. The van der Waals surface area contributed by atoms with Crippen LogP contribution >= 0.6 is 11.3 Å². The van der Waals surface area contributed by atoms with Crippen molar-refractivity contribution in [2.24, 2.45) is 0 Å². The lowest BCUT2D eigenvalue weighted by molar-refractivity contribution is 0.115. The Morgan fingerprint density at radius 1 is 1.17 bits per heavy atom. The van der Waals surface area contributed by atoms with E-state index in [9.17, 15) is 9.90 Å². The summed E-state index contributed by atoms with van der Waals surface area (Å²) >= 11 is 1.73. The van der Waals surface area contributed by atoms with Gasteiger partial charge < -0.3 is 20.2 Å². The van der Waals surface area contributed by atoms with Gasteiger partial charge in [-0.2, -0.15) is 0 Å². The molecule has 2 N–H and O–H groups in total. The molecular weight excluding hydrogens is 312 g/mol. The molecule has 1 saturated heterocycles. The molecule has 1 aliphatic heterocycles. The summed E-state index contributed by atoms with van der Waals surface area (Å²) in [5, 5.41) is 13.7. The summed E-state index contributed by atoms with van der Waals surface area (Å²) in [5.41, 5.74) is 1.10. The predicted octanol–water partition coefficient (Wildman–Crippen LogP) is 1.90. The van der Waals surface area contributed by atoms with E-state index >= 15 is 0 Å². The number of aliphatic hydroxyl groups excluding tert-OH is 1. The number of anilines is 1. The van der Waals surface area contributed by atoms with E-state index in [1.165, 1.54) is 4.88 Å². The van der Waals surface area contributed by atoms with Crippen molar-refractivity contribution in [1.82, 2.24) is 15.2 Å². The first kappa shape index (κ1) is 16.5. The van der Waals surface area contributed by atoms with E-state index in [0.717, 1.165) is 62.7 Å². The lowest BCUT2D eigenvalue weighted by Gasteiger charge is -2.36. The topological polar surface area (TPSA) is 68.7 Å². The molecule has 6 nitrogen and oxygen atoms in total. The Morgan fingerprint density at radius 2 is 1.83 bits per heavy atom. The second-order valence-corrected chi connectivity index (χ2v) is 7.75. The second-order valence-electron chi connectivity index (χ2n) is 6.57. The van der Waals surface area contributed by atoms with Gasteiger partial charge in [-0.3, -0.25) is 0 Å². The molecule has 0 unspecified atom stereocenters. The molecule has 0 aromatic carbocycles. The maximum Gasteiger partial charge on any atom is 0.317 e. The first-order valence-electron chi connectivity index (χ1n) is 8.45. The van der Waals surface area contributed by atoms with Gasteiger partial charge in [-0.05, 0) is 39.5 Å². The Hall–Kier alpha value is -1.34. The van der Waals surface area contributed by atoms with Crippen LogP contribution in [0.15, 0.2) is 0 Å². The number of aliphatic hydroxyl groups is 1. The third-order valence-electron chi connectivity index (χ3n) is 4.88. The first-order chi connectivity index (χ1) is 11.0. The standard InChI is InChI=1S/C16H26N4O2S/c1-11-12(2)23-16(17-11)20-9-7-19(8-10-20)15(22)18-13-3-5-14(21)6-4-13/h13-14,21H,3-10H2,1-2H3,(H,18,22). The molecule has 0 spiro atoms. The quantitative estimate of drug-likeness (QED) is 0.864. The van der Waals surface area contributed by atoms with Crippen molar-refractivity contribution in [3.8, 4) is 0 Å². The van der Waals surface area contributed by atoms with Gasteiger partial charge in [-0.25, -0.2) is 9.78 Å². The molecule has 2 amide bonds. The Bertz CT molecular complexity index is 527. The van der Waals surface area contributed by atoms with Crippen LogP contribution in [0.25, 0.3) is 0 Å². The van der Waals surface area contributed by atoms with Crippen molar-refractivity contribution in [2.45, 2.75) is 51.7 Å². The maximum absolute atomic E-state index is 12.4. The van der Waals surface area contributed by atoms with Crippen LogP contribution in [-0.2, 0) is 0 Å². The molecule has 0 radical (unpaired) electrons. The van der Waals surface area contributed by atoms with E-state index in [-0.39, 0.29) is 18.2 Å². The molecule has 1 aromatic rings. The van der Waals surface area contributed by atoms with E-state index in [4.69, 9.17) is 0 Å². The molecule has 1 aliphatic carbocycles. The van der Waals surface area contributed by atoms with Crippen LogP contribution < -0.4 is 10.2 Å². The van der Waals surface area contributed by atoms with Crippen LogP contribution in [0.2, 0.25) is 0 Å². The van der Waals surface area contributed by atoms with E-state index in [1.807, 2.05) is 11.8 Å². The van der Waals surface area contributed by atoms with Crippen molar-refractivity contribution in [3.05, 3.63) is 10.6 Å².